The molecule has 0 unspecified atom stereocenters. The van der Waals surface area contributed by atoms with Gasteiger partial charge in [-0.15, -0.1) is 0 Å². The molecule has 0 spiro atoms. The molecule has 7 heteroatoms. The summed E-state index contributed by atoms with van der Waals surface area (Å²) in [5.74, 6) is 0.374. The van der Waals surface area contributed by atoms with Crippen LogP contribution in [-0.4, -0.2) is 24.5 Å². The lowest BCUT2D eigenvalue weighted by molar-refractivity contribution is 0.419. The topological polar surface area (TPSA) is 61.2 Å². The maximum absolute atomic E-state index is 12.7. The fourth-order valence-electron chi connectivity index (χ4n) is 2.26. The molecule has 5 nitrogen and oxygen atoms in total. The molecule has 0 aliphatic carbocycles. The van der Waals surface area contributed by atoms with Gasteiger partial charge in [-0.3, -0.25) is 0 Å². The van der Waals surface area contributed by atoms with E-state index in [0.29, 0.717) is 16.8 Å². The van der Waals surface area contributed by atoms with Crippen LogP contribution in [0.3, 0.4) is 0 Å². The molecule has 114 valence electrons. The summed E-state index contributed by atoms with van der Waals surface area (Å²) in [6.45, 7) is 0. The Morgan fingerprint density at radius 1 is 1.27 bits per heavy atom. The summed E-state index contributed by atoms with van der Waals surface area (Å²) in [6, 6.07) is 10.8. The summed E-state index contributed by atoms with van der Waals surface area (Å²) in [4.78, 5) is 4.21. The third-order valence-electron chi connectivity index (χ3n) is 3.25. The zero-order valence-corrected chi connectivity index (χ0v) is 14.1. The second kappa shape index (κ2) is 5.73. The van der Waals surface area contributed by atoms with Crippen molar-refractivity contribution < 1.29 is 13.2 Å². The minimum Gasteiger partial charge on any atom is -0.494 e. The van der Waals surface area contributed by atoms with E-state index in [0.717, 1.165) is 10.0 Å². The quantitative estimate of drug-likeness (QED) is 0.697. The zero-order chi connectivity index (χ0) is 15.7. The van der Waals surface area contributed by atoms with Crippen LogP contribution in [0.4, 0.5) is 0 Å². The van der Waals surface area contributed by atoms with Crippen molar-refractivity contribution in [3.05, 3.63) is 58.8 Å². The van der Waals surface area contributed by atoms with Gasteiger partial charge in [0.2, 0.25) is 10.0 Å². The molecule has 0 saturated carbocycles. The molecule has 3 aromatic rings. The number of halogens is 1. The highest BCUT2D eigenvalue weighted by Gasteiger charge is 2.21. The van der Waals surface area contributed by atoms with E-state index in [1.807, 2.05) is 18.2 Å². The maximum Gasteiger partial charge on any atom is 0.244 e. The molecule has 1 aromatic carbocycles. The second-order valence-electron chi connectivity index (χ2n) is 4.76. The summed E-state index contributed by atoms with van der Waals surface area (Å²) in [7, 11) is -2.08. The zero-order valence-electron chi connectivity index (χ0n) is 11.7. The summed E-state index contributed by atoms with van der Waals surface area (Å²) < 4.78 is 32.6. The molecule has 0 N–H and O–H groups in total. The molecule has 2 heterocycles. The van der Waals surface area contributed by atoms with E-state index in [4.69, 9.17) is 4.74 Å². The smallest absolute Gasteiger partial charge is 0.244 e. The highest BCUT2D eigenvalue weighted by Crippen LogP contribution is 2.30. The maximum atomic E-state index is 12.7. The van der Waals surface area contributed by atoms with E-state index in [1.165, 1.54) is 17.3 Å². The lowest BCUT2D eigenvalue weighted by Crippen LogP contribution is -2.14. The van der Waals surface area contributed by atoms with Crippen molar-refractivity contribution in [2.75, 3.05) is 7.11 Å². The third kappa shape index (κ3) is 2.74. The van der Waals surface area contributed by atoms with Crippen LogP contribution in [0.15, 0.2) is 53.3 Å². The van der Waals surface area contributed by atoms with Crippen LogP contribution >= 0.6 is 15.9 Å². The van der Waals surface area contributed by atoms with Gasteiger partial charge < -0.3 is 4.74 Å². The van der Waals surface area contributed by atoms with Crippen molar-refractivity contribution in [3.63, 3.8) is 0 Å². The molecule has 0 radical (unpaired) electrons. The molecule has 3 rings (SSSR count). The number of ether oxygens (including phenoxy) is 1. The average Bonchev–Trinajstić information content (AvgIpc) is 2.86. The number of rotatable bonds is 4. The largest absolute Gasteiger partial charge is 0.494 e. The summed E-state index contributed by atoms with van der Waals surface area (Å²) in [5.41, 5.74) is 1.08. The minimum atomic E-state index is -3.58. The number of hydrogen-bond donors (Lipinski definition) is 0. The first kappa shape index (κ1) is 15.1. The lowest BCUT2D eigenvalue weighted by atomic mass is 10.2. The lowest BCUT2D eigenvalue weighted by Gasteiger charge is -2.06. The van der Waals surface area contributed by atoms with E-state index in [2.05, 4.69) is 20.9 Å². The number of nitrogens with zero attached hydrogens (tertiary/aromatic N) is 2. The fraction of sp³-hybridized carbons (Fsp3) is 0.133. The van der Waals surface area contributed by atoms with Crippen molar-refractivity contribution in [1.29, 1.82) is 0 Å². The van der Waals surface area contributed by atoms with Gasteiger partial charge in [-0.1, -0.05) is 30.3 Å². The van der Waals surface area contributed by atoms with Gasteiger partial charge in [0.25, 0.3) is 0 Å². The highest BCUT2D eigenvalue weighted by atomic mass is 79.9. The van der Waals surface area contributed by atoms with Gasteiger partial charge >= 0.3 is 0 Å². The van der Waals surface area contributed by atoms with Crippen LogP contribution < -0.4 is 4.74 Å². The number of aromatic nitrogens is 2. The van der Waals surface area contributed by atoms with Gasteiger partial charge in [0.1, 0.15) is 5.75 Å². The van der Waals surface area contributed by atoms with E-state index in [-0.39, 0.29) is 5.75 Å². The van der Waals surface area contributed by atoms with Crippen LogP contribution in [-0.2, 0) is 15.8 Å². The van der Waals surface area contributed by atoms with Crippen LogP contribution in [0.5, 0.6) is 5.75 Å². The Balaban J connectivity index is 2.13. The van der Waals surface area contributed by atoms with Gasteiger partial charge in [-0.2, -0.15) is 0 Å². The molecule has 2 aromatic heterocycles. The predicted molar refractivity (Wildman–Crippen MR) is 88.4 cm³/mol. The van der Waals surface area contributed by atoms with Crippen LogP contribution in [0.1, 0.15) is 5.56 Å². The predicted octanol–water partition coefficient (Wildman–Crippen LogP) is 3.19. The van der Waals surface area contributed by atoms with Gasteiger partial charge in [-0.25, -0.2) is 17.4 Å². The second-order valence-corrected chi connectivity index (χ2v) is 7.52. The molecule has 0 fully saturated rings. The molecule has 0 atom stereocenters. The van der Waals surface area contributed by atoms with Gasteiger partial charge in [-0.05, 0) is 27.6 Å². The summed E-state index contributed by atoms with van der Waals surface area (Å²) in [5, 5.41) is 0.647. The number of benzene rings is 1. The first-order chi connectivity index (χ1) is 10.5. The van der Waals surface area contributed by atoms with E-state index < -0.39 is 10.0 Å². The molecule has 0 bridgehead atoms. The van der Waals surface area contributed by atoms with Crippen LogP contribution in [0.25, 0.3) is 11.0 Å². The Kier molecular flexibility index (Phi) is 3.92. The number of pyridine rings is 1. The Labute approximate surface area is 136 Å². The van der Waals surface area contributed by atoms with Gasteiger partial charge in [0.05, 0.1) is 24.4 Å². The third-order valence-corrected chi connectivity index (χ3v) is 5.26. The van der Waals surface area contributed by atoms with Gasteiger partial charge in [0.15, 0.2) is 5.65 Å². The fourth-order valence-corrected chi connectivity index (χ4v) is 4.00. The molecule has 22 heavy (non-hydrogen) atoms. The first-order valence-corrected chi connectivity index (χ1v) is 8.89. The molecule has 0 saturated heterocycles. The molecular weight excluding hydrogens is 368 g/mol. The molecule has 0 aliphatic heterocycles. The van der Waals surface area contributed by atoms with Crippen LogP contribution in [0, 0.1) is 0 Å². The number of fused-ring (bicyclic) bond motifs is 1. The minimum absolute atomic E-state index is 0.0987. The Morgan fingerprint density at radius 2 is 2.00 bits per heavy atom. The van der Waals surface area contributed by atoms with Crippen molar-refractivity contribution >= 4 is 37.0 Å². The van der Waals surface area contributed by atoms with Crippen molar-refractivity contribution in [3.8, 4) is 5.75 Å². The first-order valence-electron chi connectivity index (χ1n) is 6.49. The molecule has 0 amide bonds. The number of methoxy groups -OCH3 is 1. The Bertz CT molecular complexity index is 921. The normalized spacial score (nSPS) is 11.7. The average molecular weight is 381 g/mol. The van der Waals surface area contributed by atoms with E-state index in [9.17, 15) is 8.42 Å². The van der Waals surface area contributed by atoms with E-state index in [1.54, 1.807) is 24.4 Å². The highest BCUT2D eigenvalue weighted by molar-refractivity contribution is 9.10. The monoisotopic (exact) mass is 380 g/mol. The Morgan fingerprint density at radius 3 is 2.68 bits per heavy atom. The summed E-state index contributed by atoms with van der Waals surface area (Å²) in [6.07, 6.45) is 3.03. The van der Waals surface area contributed by atoms with Crippen LogP contribution in [0.2, 0.25) is 0 Å². The molecular formula is C15H13BrN2O3S. The van der Waals surface area contributed by atoms with Crippen molar-refractivity contribution in [2.45, 2.75) is 5.75 Å². The molecule has 0 aliphatic rings. The number of hydrogen-bond acceptors (Lipinski definition) is 4. The van der Waals surface area contributed by atoms with Crippen molar-refractivity contribution in [2.24, 2.45) is 0 Å². The van der Waals surface area contributed by atoms with E-state index >= 15 is 0 Å². The SMILES string of the molecule is COc1cn(S(=O)(=O)Cc2ccccc2)c2ncc(Br)cc12. The standard InChI is InChI=1S/C15H13BrN2O3S/c1-21-14-9-18(15-13(14)7-12(16)8-17-15)22(19,20)10-11-5-3-2-4-6-11/h2-9H,10H2,1H3. The van der Waals surface area contributed by atoms with Crippen molar-refractivity contribution in [1.82, 2.24) is 8.96 Å². The van der Waals surface area contributed by atoms with Gasteiger partial charge in [0, 0.05) is 10.7 Å². The Hall–Kier alpha value is -1.86. The summed E-state index contributed by atoms with van der Waals surface area (Å²) >= 11 is 3.33.